The number of para-hydroxylation sites is 2. The van der Waals surface area contributed by atoms with E-state index in [9.17, 15) is 4.79 Å². The van der Waals surface area contributed by atoms with Gasteiger partial charge in [0.05, 0.1) is 6.54 Å². The fourth-order valence-corrected chi connectivity index (χ4v) is 3.46. The van der Waals surface area contributed by atoms with E-state index >= 15 is 0 Å². The maximum absolute atomic E-state index is 12.6. The Kier molecular flexibility index (Phi) is 7.85. The summed E-state index contributed by atoms with van der Waals surface area (Å²) in [5.74, 6) is 2.48. The first-order valence-corrected chi connectivity index (χ1v) is 9.13. The van der Waals surface area contributed by atoms with Crippen LogP contribution in [0.3, 0.4) is 0 Å². The molecule has 1 saturated heterocycles. The monoisotopic (exact) mass is 368 g/mol. The van der Waals surface area contributed by atoms with Gasteiger partial charge in [-0.15, -0.1) is 12.4 Å². The molecule has 1 amide bonds. The van der Waals surface area contributed by atoms with Crippen LogP contribution in [0.25, 0.3) is 0 Å². The van der Waals surface area contributed by atoms with E-state index in [-0.39, 0.29) is 24.4 Å². The van der Waals surface area contributed by atoms with Gasteiger partial charge in [-0.3, -0.25) is 4.79 Å². The van der Waals surface area contributed by atoms with Gasteiger partial charge in [-0.05, 0) is 57.3 Å². The molecule has 6 heteroatoms. The summed E-state index contributed by atoms with van der Waals surface area (Å²) in [6.07, 6.45) is 3.93. The van der Waals surface area contributed by atoms with Crippen molar-refractivity contribution in [3.8, 4) is 11.5 Å². The van der Waals surface area contributed by atoms with Crippen molar-refractivity contribution in [1.82, 2.24) is 10.2 Å². The first-order chi connectivity index (χ1) is 11.8. The first kappa shape index (κ1) is 19.9. The molecule has 1 N–H and O–H groups in total. The molecule has 2 aliphatic heterocycles. The van der Waals surface area contributed by atoms with Crippen LogP contribution in [0.2, 0.25) is 0 Å². The van der Waals surface area contributed by atoms with Crippen LogP contribution in [-0.4, -0.2) is 49.7 Å². The smallest absolute Gasteiger partial charge is 0.222 e. The van der Waals surface area contributed by atoms with Gasteiger partial charge in [-0.1, -0.05) is 12.1 Å². The zero-order chi connectivity index (χ0) is 16.8. The van der Waals surface area contributed by atoms with E-state index in [0.29, 0.717) is 32.0 Å². The minimum absolute atomic E-state index is 0. The summed E-state index contributed by atoms with van der Waals surface area (Å²) >= 11 is 0. The maximum atomic E-state index is 12.6. The number of hydrogen-bond acceptors (Lipinski definition) is 4. The molecule has 2 aliphatic rings. The number of carbonyl (C=O) groups is 1. The minimum atomic E-state index is -0.0947. The lowest BCUT2D eigenvalue weighted by Crippen LogP contribution is -2.43. The quantitative estimate of drug-likeness (QED) is 0.838. The van der Waals surface area contributed by atoms with Gasteiger partial charge in [0.2, 0.25) is 5.91 Å². The number of halogens is 1. The van der Waals surface area contributed by atoms with E-state index in [0.717, 1.165) is 31.0 Å². The van der Waals surface area contributed by atoms with Crippen molar-refractivity contribution in [2.45, 2.75) is 38.7 Å². The predicted molar refractivity (Wildman–Crippen MR) is 101 cm³/mol. The molecule has 0 aromatic heterocycles. The third-order valence-corrected chi connectivity index (χ3v) is 4.95. The Balaban J connectivity index is 0.00000225. The summed E-state index contributed by atoms with van der Waals surface area (Å²) in [4.78, 5) is 14.5. The molecule has 25 heavy (non-hydrogen) atoms. The van der Waals surface area contributed by atoms with Gasteiger partial charge in [0.25, 0.3) is 0 Å². The number of rotatable bonds is 6. The van der Waals surface area contributed by atoms with Crippen molar-refractivity contribution in [2.24, 2.45) is 5.92 Å². The SMILES string of the molecule is CCN(CC1COc2ccccc2O1)C(=O)CCC1CCNCC1.Cl. The van der Waals surface area contributed by atoms with Crippen molar-refractivity contribution >= 4 is 18.3 Å². The second-order valence-electron chi connectivity index (χ2n) is 6.66. The van der Waals surface area contributed by atoms with Crippen LogP contribution in [0.1, 0.15) is 32.6 Å². The van der Waals surface area contributed by atoms with Crippen LogP contribution < -0.4 is 14.8 Å². The number of benzene rings is 1. The molecule has 1 atom stereocenters. The van der Waals surface area contributed by atoms with Crippen LogP contribution >= 0.6 is 12.4 Å². The highest BCUT2D eigenvalue weighted by molar-refractivity contribution is 5.85. The van der Waals surface area contributed by atoms with Crippen molar-refractivity contribution in [1.29, 1.82) is 0 Å². The molecule has 1 unspecified atom stereocenters. The van der Waals surface area contributed by atoms with Crippen LogP contribution in [0, 0.1) is 5.92 Å². The molecule has 140 valence electrons. The van der Waals surface area contributed by atoms with E-state index in [4.69, 9.17) is 9.47 Å². The van der Waals surface area contributed by atoms with Gasteiger partial charge in [-0.25, -0.2) is 0 Å². The summed E-state index contributed by atoms with van der Waals surface area (Å²) in [6, 6.07) is 7.70. The summed E-state index contributed by atoms with van der Waals surface area (Å²) in [5.41, 5.74) is 0. The third-order valence-electron chi connectivity index (χ3n) is 4.95. The van der Waals surface area contributed by atoms with Crippen molar-refractivity contribution in [3.05, 3.63) is 24.3 Å². The van der Waals surface area contributed by atoms with Crippen molar-refractivity contribution < 1.29 is 14.3 Å². The number of piperidine rings is 1. The summed E-state index contributed by atoms with van der Waals surface area (Å²) < 4.78 is 11.7. The third kappa shape index (κ3) is 5.51. The van der Waals surface area contributed by atoms with Crippen molar-refractivity contribution in [2.75, 3.05) is 32.8 Å². The molecule has 0 radical (unpaired) electrons. The van der Waals surface area contributed by atoms with Crippen LogP contribution in [0.15, 0.2) is 24.3 Å². The number of amides is 1. The fourth-order valence-electron chi connectivity index (χ4n) is 3.46. The molecule has 5 nitrogen and oxygen atoms in total. The molecule has 3 rings (SSSR count). The number of nitrogens with zero attached hydrogens (tertiary/aromatic N) is 1. The molecule has 1 aromatic rings. The highest BCUT2D eigenvalue weighted by Gasteiger charge is 2.25. The average molecular weight is 369 g/mol. The van der Waals surface area contributed by atoms with E-state index in [1.807, 2.05) is 36.1 Å². The average Bonchev–Trinajstić information content (AvgIpc) is 2.65. The molecule has 0 bridgehead atoms. The van der Waals surface area contributed by atoms with Gasteiger partial charge in [0, 0.05) is 13.0 Å². The first-order valence-electron chi connectivity index (χ1n) is 9.13. The normalized spacial score (nSPS) is 19.8. The van der Waals surface area contributed by atoms with E-state index < -0.39 is 0 Å². The van der Waals surface area contributed by atoms with E-state index in [2.05, 4.69) is 5.32 Å². The molecular formula is C19H29ClN2O3. The van der Waals surface area contributed by atoms with E-state index in [1.54, 1.807) is 0 Å². The lowest BCUT2D eigenvalue weighted by Gasteiger charge is -2.31. The standard InChI is InChI=1S/C19H28N2O3.ClH/c1-2-21(19(22)8-7-15-9-11-20-12-10-15)13-16-14-23-17-5-3-4-6-18(17)24-16;/h3-6,15-16,20H,2,7-14H2,1H3;1H. The number of nitrogens with one attached hydrogen (secondary N) is 1. The number of ether oxygens (including phenoxy) is 2. The zero-order valence-electron chi connectivity index (χ0n) is 14.9. The van der Waals surface area contributed by atoms with Crippen LogP contribution in [-0.2, 0) is 4.79 Å². The Morgan fingerprint density at radius 2 is 1.96 bits per heavy atom. The number of likely N-dealkylation sites (N-methyl/N-ethyl adjacent to an activating group) is 1. The molecular weight excluding hydrogens is 340 g/mol. The Hall–Kier alpha value is -1.46. The molecule has 2 heterocycles. The van der Waals surface area contributed by atoms with Gasteiger partial charge < -0.3 is 19.7 Å². The maximum Gasteiger partial charge on any atom is 0.222 e. The highest BCUT2D eigenvalue weighted by atomic mass is 35.5. The number of carbonyl (C=O) groups excluding carboxylic acids is 1. The largest absolute Gasteiger partial charge is 0.486 e. The Labute approximate surface area is 156 Å². The van der Waals surface area contributed by atoms with Gasteiger partial charge >= 0.3 is 0 Å². The second-order valence-corrected chi connectivity index (χ2v) is 6.66. The molecule has 1 fully saturated rings. The Morgan fingerprint density at radius 3 is 2.68 bits per heavy atom. The minimum Gasteiger partial charge on any atom is -0.486 e. The lowest BCUT2D eigenvalue weighted by atomic mass is 9.93. The molecule has 0 aliphatic carbocycles. The summed E-state index contributed by atoms with van der Waals surface area (Å²) in [5, 5.41) is 3.37. The van der Waals surface area contributed by atoms with Crippen molar-refractivity contribution in [3.63, 3.8) is 0 Å². The second kappa shape index (κ2) is 9.88. The molecule has 0 spiro atoms. The molecule has 1 aromatic carbocycles. The Morgan fingerprint density at radius 1 is 1.24 bits per heavy atom. The van der Waals surface area contributed by atoms with Crippen LogP contribution in [0.5, 0.6) is 11.5 Å². The van der Waals surface area contributed by atoms with E-state index in [1.165, 1.54) is 12.8 Å². The number of hydrogen-bond donors (Lipinski definition) is 1. The summed E-state index contributed by atoms with van der Waals surface area (Å²) in [6.45, 7) is 6.00. The fraction of sp³-hybridized carbons (Fsp3) is 0.632. The van der Waals surface area contributed by atoms with Gasteiger partial charge in [0.15, 0.2) is 17.6 Å². The van der Waals surface area contributed by atoms with Crippen LogP contribution in [0.4, 0.5) is 0 Å². The Bertz CT molecular complexity index is 549. The number of fused-ring (bicyclic) bond motifs is 1. The summed E-state index contributed by atoms with van der Waals surface area (Å²) in [7, 11) is 0. The molecule has 0 saturated carbocycles. The van der Waals surface area contributed by atoms with Gasteiger partial charge in [-0.2, -0.15) is 0 Å². The zero-order valence-corrected chi connectivity index (χ0v) is 15.7. The lowest BCUT2D eigenvalue weighted by molar-refractivity contribution is -0.132. The highest BCUT2D eigenvalue weighted by Crippen LogP contribution is 2.31. The topological polar surface area (TPSA) is 50.8 Å². The predicted octanol–water partition coefficient (Wildman–Crippen LogP) is 2.88. The van der Waals surface area contributed by atoms with Gasteiger partial charge in [0.1, 0.15) is 6.61 Å².